The number of nitrogens with two attached hydrogens (primary N) is 1. The molecule has 0 radical (unpaired) electrons. The topological polar surface area (TPSA) is 26.0 Å². The van der Waals surface area contributed by atoms with Crippen molar-refractivity contribution in [2.24, 2.45) is 5.73 Å². The van der Waals surface area contributed by atoms with E-state index in [1.165, 1.54) is 0 Å². The molecule has 0 aromatic heterocycles. The monoisotopic (exact) mass is 167 g/mol. The van der Waals surface area contributed by atoms with Crippen molar-refractivity contribution in [3.63, 3.8) is 0 Å². The molecule has 0 aliphatic heterocycles. The van der Waals surface area contributed by atoms with Crippen LogP contribution in [0, 0.1) is 0 Å². The smallest absolute Gasteiger partial charge is 0.0135 e. The minimum absolute atomic E-state index is 0. The Morgan fingerprint density at radius 3 is 2.56 bits per heavy atom. The summed E-state index contributed by atoms with van der Waals surface area (Å²) in [5, 5.41) is 0. The van der Waals surface area contributed by atoms with Crippen LogP contribution in [0.5, 0.6) is 0 Å². The average molecular weight is 167 g/mol. The van der Waals surface area contributed by atoms with Crippen LogP contribution in [0.4, 0.5) is 0 Å². The second-order valence-corrected chi connectivity index (χ2v) is 3.07. The quantitative estimate of drug-likeness (QED) is 0.623. The molecule has 1 unspecified atom stereocenters. The zero-order valence-corrected chi connectivity index (χ0v) is 6.84. The molecule has 0 aromatic rings. The molecule has 58 valence electrons. The zero-order valence-electron chi connectivity index (χ0n) is 5.13. The summed E-state index contributed by atoms with van der Waals surface area (Å²) in [7, 11) is 0. The van der Waals surface area contributed by atoms with Crippen LogP contribution < -0.4 is 5.73 Å². The second-order valence-electron chi connectivity index (χ2n) is 1.72. The summed E-state index contributed by atoms with van der Waals surface area (Å²) in [5.74, 6) is 1.96. The maximum atomic E-state index is 5.57. The Bertz CT molecular complexity index is 50.3. The molecule has 0 aliphatic carbocycles. The van der Waals surface area contributed by atoms with E-state index in [2.05, 4.69) is 18.9 Å². The first-order chi connectivity index (χ1) is 3.81. The van der Waals surface area contributed by atoms with Crippen LogP contribution in [-0.2, 0) is 0 Å². The highest BCUT2D eigenvalue weighted by Crippen LogP contribution is 1.98. The summed E-state index contributed by atoms with van der Waals surface area (Å²) in [4.78, 5) is 0. The van der Waals surface area contributed by atoms with Crippen molar-refractivity contribution in [2.45, 2.75) is 19.9 Å². The minimum atomic E-state index is 0. The maximum absolute atomic E-state index is 5.57. The molecular weight excluding hydrogens is 150 g/mol. The van der Waals surface area contributed by atoms with Crippen molar-refractivity contribution in [1.29, 1.82) is 0 Å². The van der Waals surface area contributed by atoms with E-state index < -0.39 is 0 Å². The molecule has 0 saturated carbocycles. The van der Waals surface area contributed by atoms with E-state index in [-0.39, 0.29) is 7.43 Å². The molecule has 0 fully saturated rings. The molecule has 3 heteroatoms. The molecule has 0 spiro atoms. The Hall–Kier alpha value is 0.660. The molecule has 1 nitrogen and oxygen atoms in total. The van der Waals surface area contributed by atoms with Gasteiger partial charge in [0.15, 0.2) is 0 Å². The van der Waals surface area contributed by atoms with Crippen LogP contribution in [0.3, 0.4) is 0 Å². The van der Waals surface area contributed by atoms with Gasteiger partial charge in [-0.3, -0.25) is 0 Å². The Labute approximate surface area is 68.2 Å². The van der Waals surface area contributed by atoms with Crippen LogP contribution in [0.1, 0.15) is 13.8 Å². The first-order valence-corrected chi connectivity index (χ1v) is 4.69. The molecular formula is C6H17NS2. The SMILES string of the molecule is C.CSCCC(N)CS. The third-order valence-electron chi connectivity index (χ3n) is 0.927. The standard InChI is InChI=1S/C5H13NS2.CH4/c1-8-3-2-5(6)4-7;/h5,7H,2-4,6H2,1H3;1H4. The van der Waals surface area contributed by atoms with E-state index >= 15 is 0 Å². The van der Waals surface area contributed by atoms with Crippen molar-refractivity contribution in [2.75, 3.05) is 17.8 Å². The Morgan fingerprint density at radius 2 is 2.22 bits per heavy atom. The molecule has 0 bridgehead atoms. The average Bonchev–Trinajstić information content (AvgIpc) is 1.83. The summed E-state index contributed by atoms with van der Waals surface area (Å²) in [6.45, 7) is 0. The van der Waals surface area contributed by atoms with Crippen molar-refractivity contribution < 1.29 is 0 Å². The number of hydrogen-bond donors (Lipinski definition) is 2. The van der Waals surface area contributed by atoms with Gasteiger partial charge in [0.25, 0.3) is 0 Å². The normalized spacial score (nSPS) is 12.3. The zero-order chi connectivity index (χ0) is 6.41. The van der Waals surface area contributed by atoms with E-state index in [9.17, 15) is 0 Å². The van der Waals surface area contributed by atoms with Gasteiger partial charge in [0.2, 0.25) is 0 Å². The minimum Gasteiger partial charge on any atom is -0.327 e. The fraction of sp³-hybridized carbons (Fsp3) is 1.00. The molecule has 0 amide bonds. The number of rotatable bonds is 4. The fourth-order valence-corrected chi connectivity index (χ4v) is 1.08. The highest BCUT2D eigenvalue weighted by molar-refractivity contribution is 7.98. The molecule has 0 aromatic carbocycles. The van der Waals surface area contributed by atoms with E-state index in [1.54, 1.807) is 0 Å². The van der Waals surface area contributed by atoms with Crippen molar-refractivity contribution in [3.05, 3.63) is 0 Å². The number of thiol groups is 1. The van der Waals surface area contributed by atoms with E-state index in [0.717, 1.165) is 17.9 Å². The summed E-state index contributed by atoms with van der Waals surface area (Å²) < 4.78 is 0. The summed E-state index contributed by atoms with van der Waals surface area (Å²) in [5.41, 5.74) is 5.57. The van der Waals surface area contributed by atoms with Gasteiger partial charge < -0.3 is 5.73 Å². The Kier molecular flexibility index (Phi) is 11.9. The lowest BCUT2D eigenvalue weighted by Gasteiger charge is -2.04. The lowest BCUT2D eigenvalue weighted by Crippen LogP contribution is -2.22. The highest BCUT2D eigenvalue weighted by Gasteiger charge is 1.95. The third kappa shape index (κ3) is 8.66. The van der Waals surface area contributed by atoms with Crippen LogP contribution in [0.25, 0.3) is 0 Å². The van der Waals surface area contributed by atoms with Crippen molar-refractivity contribution >= 4 is 24.4 Å². The third-order valence-corrected chi connectivity index (χ3v) is 2.04. The molecule has 0 rings (SSSR count). The summed E-state index contributed by atoms with van der Waals surface area (Å²) >= 11 is 5.89. The molecule has 0 heterocycles. The van der Waals surface area contributed by atoms with Gasteiger partial charge in [0.1, 0.15) is 0 Å². The predicted octanol–water partition coefficient (Wildman–Crippen LogP) is 1.63. The molecule has 9 heavy (non-hydrogen) atoms. The molecule has 2 N–H and O–H groups in total. The molecule has 1 atom stereocenters. The largest absolute Gasteiger partial charge is 0.327 e. The van der Waals surface area contributed by atoms with Crippen molar-refractivity contribution in [1.82, 2.24) is 0 Å². The van der Waals surface area contributed by atoms with E-state index in [0.29, 0.717) is 6.04 Å². The Balaban J connectivity index is 0. The second kappa shape index (κ2) is 8.66. The molecule has 0 aliphatic rings. The van der Waals surface area contributed by atoms with Crippen LogP contribution in [0.15, 0.2) is 0 Å². The van der Waals surface area contributed by atoms with Crippen LogP contribution in [0.2, 0.25) is 0 Å². The van der Waals surface area contributed by atoms with Gasteiger partial charge in [-0.15, -0.1) is 0 Å². The lowest BCUT2D eigenvalue weighted by atomic mass is 10.3. The van der Waals surface area contributed by atoms with Gasteiger partial charge in [0.05, 0.1) is 0 Å². The van der Waals surface area contributed by atoms with Gasteiger partial charge in [-0.25, -0.2) is 0 Å². The maximum Gasteiger partial charge on any atom is 0.0135 e. The van der Waals surface area contributed by atoms with E-state index in [4.69, 9.17) is 5.73 Å². The first kappa shape index (κ1) is 12.3. The van der Waals surface area contributed by atoms with Crippen LogP contribution >= 0.6 is 24.4 Å². The van der Waals surface area contributed by atoms with Gasteiger partial charge in [-0.05, 0) is 18.4 Å². The van der Waals surface area contributed by atoms with Gasteiger partial charge in [-0.2, -0.15) is 24.4 Å². The van der Waals surface area contributed by atoms with E-state index in [1.807, 2.05) is 11.8 Å². The van der Waals surface area contributed by atoms with Crippen LogP contribution in [-0.4, -0.2) is 23.8 Å². The van der Waals surface area contributed by atoms with Gasteiger partial charge in [0, 0.05) is 11.8 Å². The predicted molar refractivity (Wildman–Crippen MR) is 51.6 cm³/mol. The molecule has 0 saturated heterocycles. The first-order valence-electron chi connectivity index (χ1n) is 2.66. The number of hydrogen-bond acceptors (Lipinski definition) is 3. The highest BCUT2D eigenvalue weighted by atomic mass is 32.2. The Morgan fingerprint density at radius 1 is 1.67 bits per heavy atom. The van der Waals surface area contributed by atoms with Crippen molar-refractivity contribution in [3.8, 4) is 0 Å². The number of thioether (sulfide) groups is 1. The van der Waals surface area contributed by atoms with Gasteiger partial charge >= 0.3 is 0 Å². The fourth-order valence-electron chi connectivity index (χ4n) is 0.361. The lowest BCUT2D eigenvalue weighted by molar-refractivity contribution is 0.734. The summed E-state index contributed by atoms with van der Waals surface area (Å²) in [6, 6.07) is 0.297. The van der Waals surface area contributed by atoms with Gasteiger partial charge in [-0.1, -0.05) is 7.43 Å². The summed E-state index contributed by atoms with van der Waals surface area (Å²) in [6.07, 6.45) is 3.18.